The molecule has 1 N–H and O–H groups in total. The van der Waals surface area contributed by atoms with Gasteiger partial charge in [-0.05, 0) is 92.3 Å². The second-order valence-electron chi connectivity index (χ2n) is 8.48. The Hall–Kier alpha value is -3.31. The van der Waals surface area contributed by atoms with Gasteiger partial charge in [0.05, 0.1) is 5.52 Å². The molecule has 0 radical (unpaired) electrons. The minimum atomic E-state index is 0.614. The third kappa shape index (κ3) is 4.28. The zero-order valence-corrected chi connectivity index (χ0v) is 18.0. The van der Waals surface area contributed by atoms with Gasteiger partial charge in [0.1, 0.15) is 0 Å². The normalized spacial score (nSPS) is 15.3. The Bertz CT molecular complexity index is 1190. The summed E-state index contributed by atoms with van der Waals surface area (Å²) in [7, 11) is 2.20. The fourth-order valence-corrected chi connectivity index (χ4v) is 4.36. The molecule has 156 valence electrons. The van der Waals surface area contributed by atoms with Gasteiger partial charge in [0.2, 0.25) is 5.95 Å². The molecule has 5 nitrogen and oxygen atoms in total. The summed E-state index contributed by atoms with van der Waals surface area (Å²) in [6.07, 6.45) is 8.06. The first kappa shape index (κ1) is 19.6. The number of anilines is 2. The van der Waals surface area contributed by atoms with Crippen LogP contribution in [0.25, 0.3) is 22.0 Å². The molecule has 0 aliphatic carbocycles. The number of nitrogens with one attached hydrogen (secondary N) is 1. The fourth-order valence-electron chi connectivity index (χ4n) is 4.36. The molecule has 31 heavy (non-hydrogen) atoms. The Balaban J connectivity index is 1.36. The second-order valence-corrected chi connectivity index (χ2v) is 8.48. The summed E-state index contributed by atoms with van der Waals surface area (Å²) in [5, 5.41) is 4.39. The molecule has 5 rings (SSSR count). The van der Waals surface area contributed by atoms with Crippen LogP contribution in [-0.2, 0) is 0 Å². The van der Waals surface area contributed by atoms with Crippen LogP contribution in [-0.4, -0.2) is 40.0 Å². The molecule has 5 heteroatoms. The first-order valence-electron chi connectivity index (χ1n) is 10.9. The zero-order chi connectivity index (χ0) is 21.2. The third-order valence-electron chi connectivity index (χ3n) is 6.27. The zero-order valence-electron chi connectivity index (χ0n) is 18.0. The molecule has 0 spiro atoms. The number of nitrogens with zero attached hydrogens (tertiary/aromatic N) is 4. The van der Waals surface area contributed by atoms with Crippen LogP contribution in [0.2, 0.25) is 0 Å². The maximum Gasteiger partial charge on any atom is 0.227 e. The Morgan fingerprint density at radius 2 is 1.77 bits per heavy atom. The lowest BCUT2D eigenvalue weighted by molar-refractivity contribution is 0.255. The number of hydrogen-bond acceptors (Lipinski definition) is 5. The summed E-state index contributed by atoms with van der Waals surface area (Å²) in [4.78, 5) is 15.9. The summed E-state index contributed by atoms with van der Waals surface area (Å²) >= 11 is 0. The largest absolute Gasteiger partial charge is 0.324 e. The van der Waals surface area contributed by atoms with Crippen molar-refractivity contribution in [3.8, 4) is 11.1 Å². The van der Waals surface area contributed by atoms with Crippen molar-refractivity contribution in [1.82, 2.24) is 19.9 Å². The van der Waals surface area contributed by atoms with Crippen molar-refractivity contribution in [2.75, 3.05) is 25.5 Å². The highest BCUT2D eigenvalue weighted by atomic mass is 15.1. The van der Waals surface area contributed by atoms with Gasteiger partial charge in [0, 0.05) is 29.7 Å². The van der Waals surface area contributed by atoms with Crippen LogP contribution >= 0.6 is 0 Å². The van der Waals surface area contributed by atoms with E-state index in [4.69, 9.17) is 4.98 Å². The predicted octanol–water partition coefficient (Wildman–Crippen LogP) is 5.55. The van der Waals surface area contributed by atoms with Gasteiger partial charge >= 0.3 is 0 Å². The molecule has 4 aromatic rings. The maximum atomic E-state index is 4.76. The van der Waals surface area contributed by atoms with Gasteiger partial charge in [-0.1, -0.05) is 24.3 Å². The van der Waals surface area contributed by atoms with E-state index in [0.717, 1.165) is 27.7 Å². The highest BCUT2D eigenvalue weighted by molar-refractivity contribution is 5.85. The van der Waals surface area contributed by atoms with Gasteiger partial charge in [0.15, 0.2) is 0 Å². The Kier molecular flexibility index (Phi) is 5.35. The summed E-state index contributed by atoms with van der Waals surface area (Å²) in [6, 6.07) is 17.1. The van der Waals surface area contributed by atoms with Crippen LogP contribution in [0.4, 0.5) is 11.6 Å². The third-order valence-corrected chi connectivity index (χ3v) is 6.27. The number of rotatable bonds is 4. The van der Waals surface area contributed by atoms with Crippen molar-refractivity contribution in [2.45, 2.75) is 25.7 Å². The van der Waals surface area contributed by atoms with E-state index >= 15 is 0 Å². The van der Waals surface area contributed by atoms with Crippen LogP contribution in [0.5, 0.6) is 0 Å². The van der Waals surface area contributed by atoms with E-state index in [-0.39, 0.29) is 0 Å². The smallest absolute Gasteiger partial charge is 0.227 e. The summed E-state index contributed by atoms with van der Waals surface area (Å²) in [5.41, 5.74) is 6.83. The van der Waals surface area contributed by atoms with Crippen LogP contribution < -0.4 is 5.32 Å². The first-order valence-corrected chi connectivity index (χ1v) is 10.9. The SMILES string of the molecule is Cc1cnccc1-c1ccc2cnc(Nc3ccc(C4CCN(C)CC4)cc3)nc2c1. The van der Waals surface area contributed by atoms with Crippen LogP contribution in [0.1, 0.15) is 29.9 Å². The number of aromatic nitrogens is 3. The van der Waals surface area contributed by atoms with Crippen molar-refractivity contribution in [2.24, 2.45) is 0 Å². The van der Waals surface area contributed by atoms with E-state index in [2.05, 4.69) is 76.6 Å². The number of aryl methyl sites for hydroxylation is 1. The number of piperidine rings is 1. The Morgan fingerprint density at radius 3 is 2.55 bits per heavy atom. The van der Waals surface area contributed by atoms with Crippen molar-refractivity contribution in [3.05, 3.63) is 78.2 Å². The molecule has 2 aromatic carbocycles. The lowest BCUT2D eigenvalue weighted by Gasteiger charge is -2.29. The quantitative estimate of drug-likeness (QED) is 0.479. The number of benzene rings is 2. The lowest BCUT2D eigenvalue weighted by atomic mass is 9.89. The average Bonchev–Trinajstić information content (AvgIpc) is 2.80. The van der Waals surface area contributed by atoms with E-state index in [1.807, 2.05) is 24.7 Å². The van der Waals surface area contributed by atoms with Crippen molar-refractivity contribution >= 4 is 22.5 Å². The lowest BCUT2D eigenvalue weighted by Crippen LogP contribution is -2.29. The van der Waals surface area contributed by atoms with E-state index in [0.29, 0.717) is 11.9 Å². The number of fused-ring (bicyclic) bond motifs is 1. The average molecular weight is 410 g/mol. The minimum absolute atomic E-state index is 0.614. The van der Waals surface area contributed by atoms with E-state index in [1.54, 1.807) is 0 Å². The molecule has 2 aromatic heterocycles. The van der Waals surface area contributed by atoms with E-state index in [1.165, 1.54) is 37.1 Å². The molecule has 0 bridgehead atoms. The second kappa shape index (κ2) is 8.44. The summed E-state index contributed by atoms with van der Waals surface area (Å²) in [6.45, 7) is 4.43. The molecule has 0 saturated carbocycles. The highest BCUT2D eigenvalue weighted by Crippen LogP contribution is 2.29. The molecule has 3 heterocycles. The molecule has 0 unspecified atom stereocenters. The molecule has 0 amide bonds. The molecular weight excluding hydrogens is 382 g/mol. The molecule has 1 aliphatic heterocycles. The van der Waals surface area contributed by atoms with Gasteiger partial charge in [-0.2, -0.15) is 0 Å². The van der Waals surface area contributed by atoms with Gasteiger partial charge in [0.25, 0.3) is 0 Å². The first-order chi connectivity index (χ1) is 15.2. The molecule has 1 saturated heterocycles. The van der Waals surface area contributed by atoms with Crippen molar-refractivity contribution in [3.63, 3.8) is 0 Å². The molecule has 0 atom stereocenters. The standard InChI is InChI=1S/C26H27N5/c1-18-16-27-12-9-24(18)21-3-4-22-17-28-26(30-25(22)15-21)29-23-7-5-19(6-8-23)20-10-13-31(2)14-11-20/h3-9,12,15-17,20H,10-11,13-14H2,1-2H3,(H,28,29,30). The maximum absolute atomic E-state index is 4.76. The highest BCUT2D eigenvalue weighted by Gasteiger charge is 2.18. The van der Waals surface area contributed by atoms with Gasteiger partial charge < -0.3 is 10.2 Å². The van der Waals surface area contributed by atoms with Crippen LogP contribution in [0.3, 0.4) is 0 Å². The Morgan fingerprint density at radius 1 is 0.968 bits per heavy atom. The van der Waals surface area contributed by atoms with E-state index < -0.39 is 0 Å². The molecular formula is C26H27N5. The van der Waals surface area contributed by atoms with Crippen molar-refractivity contribution in [1.29, 1.82) is 0 Å². The number of hydrogen-bond donors (Lipinski definition) is 1. The summed E-state index contributed by atoms with van der Waals surface area (Å²) < 4.78 is 0. The van der Waals surface area contributed by atoms with Gasteiger partial charge in [-0.15, -0.1) is 0 Å². The molecule has 1 aliphatic rings. The van der Waals surface area contributed by atoms with Gasteiger partial charge in [-0.3, -0.25) is 4.98 Å². The Labute approximate surface area is 183 Å². The summed E-state index contributed by atoms with van der Waals surface area (Å²) in [5.74, 6) is 1.28. The number of pyridine rings is 1. The van der Waals surface area contributed by atoms with Crippen LogP contribution in [0, 0.1) is 6.92 Å². The monoisotopic (exact) mass is 409 g/mol. The van der Waals surface area contributed by atoms with Crippen LogP contribution in [0.15, 0.2) is 67.1 Å². The van der Waals surface area contributed by atoms with E-state index in [9.17, 15) is 0 Å². The molecule has 1 fully saturated rings. The topological polar surface area (TPSA) is 53.9 Å². The number of likely N-dealkylation sites (tertiary alicyclic amines) is 1. The minimum Gasteiger partial charge on any atom is -0.324 e. The van der Waals surface area contributed by atoms with Crippen molar-refractivity contribution < 1.29 is 0 Å². The van der Waals surface area contributed by atoms with Gasteiger partial charge in [-0.25, -0.2) is 9.97 Å². The predicted molar refractivity (Wildman–Crippen MR) is 127 cm³/mol. The fraction of sp³-hybridized carbons (Fsp3) is 0.269.